The maximum absolute atomic E-state index is 12.8. The summed E-state index contributed by atoms with van der Waals surface area (Å²) >= 11 is 0. The van der Waals surface area contributed by atoms with Gasteiger partial charge in [0.2, 0.25) is 5.91 Å². The molecule has 0 bridgehead atoms. The van der Waals surface area contributed by atoms with Crippen LogP contribution in [0.5, 0.6) is 5.75 Å². The highest BCUT2D eigenvalue weighted by Crippen LogP contribution is 2.40. The molecule has 0 spiro atoms. The number of aromatic nitrogens is 1. The Morgan fingerprint density at radius 3 is 2.57 bits per heavy atom. The van der Waals surface area contributed by atoms with Gasteiger partial charge in [-0.05, 0) is 50.7 Å². The maximum atomic E-state index is 12.8. The van der Waals surface area contributed by atoms with E-state index in [2.05, 4.69) is 4.98 Å². The van der Waals surface area contributed by atoms with E-state index in [0.29, 0.717) is 13.0 Å². The van der Waals surface area contributed by atoms with Gasteiger partial charge in [-0.3, -0.25) is 4.79 Å². The van der Waals surface area contributed by atoms with Gasteiger partial charge in [0, 0.05) is 18.7 Å². The molecule has 6 nitrogen and oxygen atoms in total. The molecule has 0 aromatic carbocycles. The smallest absolute Gasteiger partial charge is 0.391 e. The summed E-state index contributed by atoms with van der Waals surface area (Å²) in [6, 6.07) is 2.86. The molecular weight excluding hydrogens is 377 g/mol. The Kier molecular flexibility index (Phi) is 6.10. The van der Waals surface area contributed by atoms with Crippen molar-refractivity contribution in [2.24, 2.45) is 11.8 Å². The molecule has 28 heavy (non-hydrogen) atoms. The summed E-state index contributed by atoms with van der Waals surface area (Å²) in [4.78, 5) is 29.5. The molecule has 2 fully saturated rings. The number of amides is 1. The van der Waals surface area contributed by atoms with Crippen molar-refractivity contribution in [1.82, 2.24) is 9.88 Å². The van der Waals surface area contributed by atoms with Crippen molar-refractivity contribution in [1.29, 1.82) is 0 Å². The number of rotatable bonds is 5. The lowest BCUT2D eigenvalue weighted by Crippen LogP contribution is -2.44. The molecule has 154 valence electrons. The lowest BCUT2D eigenvalue weighted by atomic mass is 9.81. The first-order valence-corrected chi connectivity index (χ1v) is 9.45. The zero-order valence-electron chi connectivity index (χ0n) is 15.3. The zero-order chi connectivity index (χ0) is 20.3. The molecule has 1 aromatic rings. The van der Waals surface area contributed by atoms with Gasteiger partial charge in [0.25, 0.3) is 0 Å². The van der Waals surface area contributed by atoms with Gasteiger partial charge in [0.1, 0.15) is 6.61 Å². The third-order valence-electron chi connectivity index (χ3n) is 5.60. The topological polar surface area (TPSA) is 79.7 Å². The molecule has 1 aromatic heterocycles. The minimum atomic E-state index is -4.19. The van der Waals surface area contributed by atoms with Gasteiger partial charge in [-0.1, -0.05) is 0 Å². The van der Waals surface area contributed by atoms with E-state index in [1.54, 1.807) is 11.0 Å². The van der Waals surface area contributed by atoms with E-state index in [1.165, 1.54) is 12.3 Å². The molecular formula is C19H23F3N2O4. The monoisotopic (exact) mass is 400 g/mol. The Hall–Kier alpha value is -2.32. The first-order valence-electron chi connectivity index (χ1n) is 9.45. The van der Waals surface area contributed by atoms with E-state index in [9.17, 15) is 22.8 Å². The average molecular weight is 400 g/mol. The van der Waals surface area contributed by atoms with Crippen molar-refractivity contribution in [2.75, 3.05) is 13.2 Å². The van der Waals surface area contributed by atoms with E-state index >= 15 is 0 Å². The molecule has 1 N–H and O–H groups in total. The van der Waals surface area contributed by atoms with Crippen LogP contribution < -0.4 is 4.74 Å². The fourth-order valence-electron chi connectivity index (χ4n) is 4.05. The lowest BCUT2D eigenvalue weighted by Gasteiger charge is -2.33. The maximum Gasteiger partial charge on any atom is 0.391 e. The number of carboxylic acid groups (broad SMARTS) is 1. The Labute approximate surface area is 160 Å². The molecule has 0 radical (unpaired) electrons. The number of halogens is 3. The van der Waals surface area contributed by atoms with Gasteiger partial charge >= 0.3 is 12.1 Å². The van der Waals surface area contributed by atoms with Crippen LogP contribution in [0.15, 0.2) is 18.3 Å². The number of alkyl halides is 3. The fraction of sp³-hybridized carbons (Fsp3) is 0.632. The highest BCUT2D eigenvalue weighted by molar-refractivity contribution is 5.88. The summed E-state index contributed by atoms with van der Waals surface area (Å²) in [5.41, 5.74) is -0.191. The molecule has 1 amide bonds. The van der Waals surface area contributed by atoms with E-state index in [1.807, 2.05) is 0 Å². The number of hydrogen-bond acceptors (Lipinski definition) is 4. The van der Waals surface area contributed by atoms with Gasteiger partial charge in [0.15, 0.2) is 11.4 Å². The number of hydrogen-bond donors (Lipinski definition) is 1. The second-order valence-corrected chi connectivity index (χ2v) is 7.38. The predicted molar refractivity (Wildman–Crippen MR) is 92.9 cm³/mol. The summed E-state index contributed by atoms with van der Waals surface area (Å²) in [7, 11) is 0. The highest BCUT2D eigenvalue weighted by Gasteiger charge is 2.44. The normalized spacial score (nSPS) is 25.5. The van der Waals surface area contributed by atoms with E-state index in [-0.39, 0.29) is 61.6 Å². The van der Waals surface area contributed by atoms with Crippen LogP contribution in [0.4, 0.5) is 13.2 Å². The molecule has 1 saturated heterocycles. The van der Waals surface area contributed by atoms with Crippen molar-refractivity contribution < 1.29 is 32.6 Å². The van der Waals surface area contributed by atoms with Crippen LogP contribution in [-0.2, 0) is 4.79 Å². The average Bonchev–Trinajstić information content (AvgIpc) is 3.14. The van der Waals surface area contributed by atoms with E-state index in [0.717, 1.165) is 6.42 Å². The summed E-state index contributed by atoms with van der Waals surface area (Å²) in [6.07, 6.45) is -0.845. The summed E-state index contributed by atoms with van der Waals surface area (Å²) in [6.45, 7) is 0.681. The number of pyridine rings is 1. The number of aromatic carboxylic acids is 1. The third kappa shape index (κ3) is 4.56. The second-order valence-electron chi connectivity index (χ2n) is 7.38. The number of carboxylic acids is 1. The number of carbonyl (C=O) groups excluding carboxylic acids is 1. The van der Waals surface area contributed by atoms with Crippen LogP contribution in [0, 0.1) is 11.8 Å². The van der Waals surface area contributed by atoms with Crippen LogP contribution in [0.25, 0.3) is 0 Å². The lowest BCUT2D eigenvalue weighted by molar-refractivity contribution is -0.185. The minimum Gasteiger partial charge on any atom is -0.489 e. The van der Waals surface area contributed by atoms with Crippen LogP contribution in [0.2, 0.25) is 0 Å². The second kappa shape index (κ2) is 8.36. The van der Waals surface area contributed by atoms with Gasteiger partial charge in [-0.25, -0.2) is 9.78 Å². The Morgan fingerprint density at radius 1 is 1.21 bits per heavy atom. The van der Waals surface area contributed by atoms with Crippen molar-refractivity contribution >= 4 is 11.9 Å². The molecule has 1 aliphatic heterocycles. The summed E-state index contributed by atoms with van der Waals surface area (Å²) in [5.74, 6) is -2.87. The molecule has 2 aliphatic rings. The van der Waals surface area contributed by atoms with Gasteiger partial charge < -0.3 is 14.7 Å². The largest absolute Gasteiger partial charge is 0.489 e. The number of ether oxygens (including phenoxy) is 1. The zero-order valence-corrected chi connectivity index (χ0v) is 15.3. The van der Waals surface area contributed by atoms with Crippen LogP contribution >= 0.6 is 0 Å². The number of carbonyl (C=O) groups is 2. The third-order valence-corrected chi connectivity index (χ3v) is 5.60. The standard InChI is InChI=1S/C19H23F3N2O4/c20-19(21,22)13-7-5-12(6-8-13)17(25)24-10-2-3-14(24)11-28-15-4-1-9-23-16(15)18(26)27/h1,4,9,12-14H,2-3,5-8,10-11H2,(H,26,27)/t12-,13-,14-/m0/s1. The van der Waals surface area contributed by atoms with Crippen LogP contribution in [0.1, 0.15) is 49.0 Å². The van der Waals surface area contributed by atoms with Crippen molar-refractivity contribution in [3.63, 3.8) is 0 Å². The summed E-state index contributed by atoms with van der Waals surface area (Å²) < 4.78 is 44.1. The van der Waals surface area contributed by atoms with Gasteiger partial charge in [-0.15, -0.1) is 0 Å². The number of likely N-dealkylation sites (tertiary alicyclic amines) is 1. The fourth-order valence-corrected chi connectivity index (χ4v) is 4.05. The SMILES string of the molecule is O=C(O)c1ncccc1OC[C@@H]1CCCN1C(=O)[C@H]1CC[C@H](C(F)(F)F)CC1. The minimum absolute atomic E-state index is 0.00737. The Morgan fingerprint density at radius 2 is 1.93 bits per heavy atom. The molecule has 0 unspecified atom stereocenters. The van der Waals surface area contributed by atoms with Crippen LogP contribution in [0.3, 0.4) is 0 Å². The Bertz CT molecular complexity index is 717. The highest BCUT2D eigenvalue weighted by atomic mass is 19.4. The number of nitrogens with zero attached hydrogens (tertiary/aromatic N) is 2. The van der Waals surface area contributed by atoms with E-state index < -0.39 is 18.1 Å². The first kappa shape index (κ1) is 20.4. The van der Waals surface area contributed by atoms with Gasteiger partial charge in [-0.2, -0.15) is 13.2 Å². The molecule has 9 heteroatoms. The molecule has 3 rings (SSSR count). The van der Waals surface area contributed by atoms with Crippen molar-refractivity contribution in [3.8, 4) is 5.75 Å². The molecule has 1 atom stereocenters. The summed E-state index contributed by atoms with van der Waals surface area (Å²) in [5, 5.41) is 9.16. The van der Waals surface area contributed by atoms with Gasteiger partial charge in [0.05, 0.1) is 12.0 Å². The predicted octanol–water partition coefficient (Wildman–Crippen LogP) is 3.52. The van der Waals surface area contributed by atoms with E-state index in [4.69, 9.17) is 9.84 Å². The quantitative estimate of drug-likeness (QED) is 0.818. The molecule has 1 saturated carbocycles. The molecule has 2 heterocycles. The Balaban J connectivity index is 1.58. The first-order chi connectivity index (χ1) is 13.3. The van der Waals surface area contributed by atoms with Crippen LogP contribution in [-0.4, -0.2) is 52.2 Å². The van der Waals surface area contributed by atoms with Crippen molar-refractivity contribution in [2.45, 2.75) is 50.7 Å². The molecule has 1 aliphatic carbocycles. The van der Waals surface area contributed by atoms with Crippen molar-refractivity contribution in [3.05, 3.63) is 24.0 Å².